The van der Waals surface area contributed by atoms with Gasteiger partial charge in [0.1, 0.15) is 5.71 Å². The second-order valence-electron chi connectivity index (χ2n) is 4.90. The number of phenolic OH excluding ortho intramolecular Hbond substituents is 2. The molecule has 0 aliphatic heterocycles. The van der Waals surface area contributed by atoms with Crippen LogP contribution >= 0.6 is 11.6 Å². The molecule has 0 spiro atoms. The van der Waals surface area contributed by atoms with Crippen LogP contribution in [0.5, 0.6) is 11.5 Å². The minimum Gasteiger partial charge on any atom is -0.504 e. The van der Waals surface area contributed by atoms with E-state index in [1.165, 1.54) is 0 Å². The SMILES string of the molecule is CC(C)(C)NC(=O)C(=N)c1cc(O)c(O)cc1Cl. The smallest absolute Gasteiger partial charge is 0.270 e. The third-order valence-electron chi connectivity index (χ3n) is 2.05. The van der Waals surface area contributed by atoms with Gasteiger partial charge in [-0.05, 0) is 26.8 Å². The summed E-state index contributed by atoms with van der Waals surface area (Å²) >= 11 is 5.82. The Morgan fingerprint density at radius 2 is 1.78 bits per heavy atom. The largest absolute Gasteiger partial charge is 0.504 e. The maximum atomic E-state index is 11.8. The molecule has 0 aromatic heterocycles. The molecule has 18 heavy (non-hydrogen) atoms. The third-order valence-corrected chi connectivity index (χ3v) is 2.36. The fourth-order valence-corrected chi connectivity index (χ4v) is 1.52. The van der Waals surface area contributed by atoms with Crippen LogP contribution < -0.4 is 5.32 Å². The molecule has 0 bridgehead atoms. The van der Waals surface area contributed by atoms with E-state index in [-0.39, 0.29) is 16.3 Å². The van der Waals surface area contributed by atoms with Crippen molar-refractivity contribution in [3.05, 3.63) is 22.7 Å². The number of nitrogens with one attached hydrogen (secondary N) is 2. The molecule has 0 atom stereocenters. The predicted octanol–water partition coefficient (Wildman–Crippen LogP) is 2.03. The summed E-state index contributed by atoms with van der Waals surface area (Å²) in [6, 6.07) is 2.17. The number of aromatic hydroxyl groups is 2. The van der Waals surface area contributed by atoms with Gasteiger partial charge in [-0.15, -0.1) is 0 Å². The normalized spacial score (nSPS) is 11.1. The highest BCUT2D eigenvalue weighted by Crippen LogP contribution is 2.31. The Labute approximate surface area is 110 Å². The highest BCUT2D eigenvalue weighted by molar-refractivity contribution is 6.48. The molecule has 0 fully saturated rings. The molecule has 0 unspecified atom stereocenters. The van der Waals surface area contributed by atoms with Gasteiger partial charge in [0, 0.05) is 17.2 Å². The number of hydrogen-bond donors (Lipinski definition) is 4. The van der Waals surface area contributed by atoms with E-state index in [1.807, 2.05) is 0 Å². The Morgan fingerprint density at radius 1 is 1.28 bits per heavy atom. The van der Waals surface area contributed by atoms with Crippen LogP contribution in [0.2, 0.25) is 5.02 Å². The second-order valence-corrected chi connectivity index (χ2v) is 5.31. The maximum Gasteiger partial charge on any atom is 0.270 e. The number of phenols is 2. The number of hydrogen-bond acceptors (Lipinski definition) is 4. The summed E-state index contributed by atoms with van der Waals surface area (Å²) in [4.78, 5) is 11.8. The zero-order valence-corrected chi connectivity index (χ0v) is 11.1. The van der Waals surface area contributed by atoms with Crippen molar-refractivity contribution < 1.29 is 15.0 Å². The van der Waals surface area contributed by atoms with Crippen molar-refractivity contribution >= 4 is 23.2 Å². The van der Waals surface area contributed by atoms with Crippen molar-refractivity contribution in [1.29, 1.82) is 5.41 Å². The minimum absolute atomic E-state index is 0.0272. The van der Waals surface area contributed by atoms with Crippen molar-refractivity contribution in [2.75, 3.05) is 0 Å². The van der Waals surface area contributed by atoms with Crippen LogP contribution in [0.25, 0.3) is 0 Å². The molecule has 0 radical (unpaired) electrons. The topological polar surface area (TPSA) is 93.4 Å². The van der Waals surface area contributed by atoms with Crippen molar-refractivity contribution in [2.45, 2.75) is 26.3 Å². The van der Waals surface area contributed by atoms with Crippen LogP contribution in [-0.4, -0.2) is 27.4 Å². The molecule has 1 rings (SSSR count). The summed E-state index contributed by atoms with van der Waals surface area (Å²) in [5, 5.41) is 29.0. The molecule has 1 amide bonds. The molecule has 0 saturated heterocycles. The first-order valence-corrected chi connectivity index (χ1v) is 5.62. The quantitative estimate of drug-likeness (QED) is 0.489. The van der Waals surface area contributed by atoms with Crippen LogP contribution in [0, 0.1) is 5.41 Å². The molecule has 6 heteroatoms. The van der Waals surface area contributed by atoms with Gasteiger partial charge in [-0.3, -0.25) is 10.2 Å². The number of benzene rings is 1. The van der Waals surface area contributed by atoms with Crippen molar-refractivity contribution in [1.82, 2.24) is 5.32 Å². The molecule has 1 aromatic carbocycles. The van der Waals surface area contributed by atoms with E-state index in [9.17, 15) is 15.0 Å². The molecular formula is C12H15ClN2O3. The Hall–Kier alpha value is -1.75. The lowest BCUT2D eigenvalue weighted by Crippen LogP contribution is -2.44. The molecule has 5 nitrogen and oxygen atoms in total. The van der Waals surface area contributed by atoms with Crippen LogP contribution in [0.15, 0.2) is 12.1 Å². The molecule has 0 aliphatic carbocycles. The van der Waals surface area contributed by atoms with E-state index >= 15 is 0 Å². The van der Waals surface area contributed by atoms with E-state index < -0.39 is 22.9 Å². The highest BCUT2D eigenvalue weighted by atomic mass is 35.5. The van der Waals surface area contributed by atoms with Gasteiger partial charge in [-0.2, -0.15) is 0 Å². The summed E-state index contributed by atoms with van der Waals surface area (Å²) in [6.07, 6.45) is 0. The summed E-state index contributed by atoms with van der Waals surface area (Å²) in [6.45, 7) is 5.36. The summed E-state index contributed by atoms with van der Waals surface area (Å²) < 4.78 is 0. The van der Waals surface area contributed by atoms with Gasteiger partial charge in [-0.1, -0.05) is 11.6 Å². The van der Waals surface area contributed by atoms with Crippen LogP contribution in [-0.2, 0) is 4.79 Å². The maximum absolute atomic E-state index is 11.8. The fourth-order valence-electron chi connectivity index (χ4n) is 1.27. The van der Waals surface area contributed by atoms with Gasteiger partial charge in [-0.25, -0.2) is 0 Å². The van der Waals surface area contributed by atoms with Crippen LogP contribution in [0.3, 0.4) is 0 Å². The van der Waals surface area contributed by atoms with Gasteiger partial charge in [0.2, 0.25) is 0 Å². The zero-order chi connectivity index (χ0) is 14.1. The second kappa shape index (κ2) is 4.86. The molecule has 0 heterocycles. The number of halogens is 1. The first-order chi connectivity index (χ1) is 8.11. The summed E-state index contributed by atoms with van der Waals surface area (Å²) in [5.41, 5.74) is -0.784. The lowest BCUT2D eigenvalue weighted by Gasteiger charge is -2.21. The van der Waals surface area contributed by atoms with Gasteiger partial charge < -0.3 is 15.5 Å². The van der Waals surface area contributed by atoms with Gasteiger partial charge >= 0.3 is 0 Å². The predicted molar refractivity (Wildman–Crippen MR) is 69.5 cm³/mol. The third kappa shape index (κ3) is 3.37. The molecule has 4 N–H and O–H groups in total. The van der Waals surface area contributed by atoms with Crippen molar-refractivity contribution in [2.24, 2.45) is 0 Å². The minimum atomic E-state index is -0.602. The van der Waals surface area contributed by atoms with Gasteiger partial charge in [0.25, 0.3) is 5.91 Å². The van der Waals surface area contributed by atoms with Crippen molar-refractivity contribution in [3.8, 4) is 11.5 Å². The number of amides is 1. The molecule has 0 aliphatic rings. The number of carbonyl (C=O) groups excluding carboxylic acids is 1. The fraction of sp³-hybridized carbons (Fsp3) is 0.333. The lowest BCUT2D eigenvalue weighted by atomic mass is 10.1. The van der Waals surface area contributed by atoms with Crippen LogP contribution in [0.1, 0.15) is 26.3 Å². The Morgan fingerprint density at radius 3 is 2.28 bits per heavy atom. The molecule has 98 valence electrons. The van der Waals surface area contributed by atoms with Crippen LogP contribution in [0.4, 0.5) is 0 Å². The molecule has 0 saturated carbocycles. The molecular weight excluding hydrogens is 256 g/mol. The number of rotatable bonds is 2. The molecule has 1 aromatic rings. The Balaban J connectivity index is 3.05. The average molecular weight is 271 g/mol. The Bertz CT molecular complexity index is 507. The first kappa shape index (κ1) is 14.3. The van der Waals surface area contributed by atoms with Gasteiger partial charge in [0.15, 0.2) is 11.5 Å². The van der Waals surface area contributed by atoms with Crippen molar-refractivity contribution in [3.63, 3.8) is 0 Å². The van der Waals surface area contributed by atoms with E-state index in [1.54, 1.807) is 20.8 Å². The van der Waals surface area contributed by atoms with E-state index in [4.69, 9.17) is 17.0 Å². The first-order valence-electron chi connectivity index (χ1n) is 5.25. The van der Waals surface area contributed by atoms with E-state index in [2.05, 4.69) is 5.32 Å². The average Bonchev–Trinajstić information content (AvgIpc) is 2.20. The standard InChI is InChI=1S/C12H15ClN2O3/c1-12(2,3)15-11(18)10(14)6-4-8(16)9(17)5-7(6)13/h4-5,14,16-17H,1-3H3,(H,15,18). The Kier molecular flexibility index (Phi) is 3.86. The van der Waals surface area contributed by atoms with E-state index in [0.29, 0.717) is 0 Å². The summed E-state index contributed by atoms with van der Waals surface area (Å²) in [7, 11) is 0. The highest BCUT2D eigenvalue weighted by Gasteiger charge is 2.21. The van der Waals surface area contributed by atoms with Gasteiger partial charge in [0.05, 0.1) is 5.02 Å². The monoisotopic (exact) mass is 270 g/mol. The summed E-state index contributed by atoms with van der Waals surface area (Å²) in [5.74, 6) is -1.43. The van der Waals surface area contributed by atoms with E-state index in [0.717, 1.165) is 12.1 Å². The number of carbonyl (C=O) groups is 1. The zero-order valence-electron chi connectivity index (χ0n) is 10.3. The lowest BCUT2D eigenvalue weighted by molar-refractivity contribution is -0.116.